The van der Waals surface area contributed by atoms with Gasteiger partial charge in [-0.25, -0.2) is 0 Å². The maximum absolute atomic E-state index is 5.40. The highest BCUT2D eigenvalue weighted by Crippen LogP contribution is 2.19. The standard InChI is InChI=1S/C9H12NO/c1-4-11-9-7(2)5-10-6-8(9)3/h5H,4H2,1-3H3. The first kappa shape index (κ1) is 8.05. The first-order valence-corrected chi connectivity index (χ1v) is 3.72. The SMILES string of the molecule is CCOc1c(C)[c]ncc1C. The lowest BCUT2D eigenvalue weighted by Crippen LogP contribution is -1.97. The van der Waals surface area contributed by atoms with Crippen molar-refractivity contribution >= 4 is 0 Å². The van der Waals surface area contributed by atoms with Crippen molar-refractivity contribution in [2.75, 3.05) is 6.61 Å². The third-order valence-corrected chi connectivity index (χ3v) is 1.48. The van der Waals surface area contributed by atoms with E-state index in [-0.39, 0.29) is 0 Å². The van der Waals surface area contributed by atoms with Gasteiger partial charge >= 0.3 is 0 Å². The highest BCUT2D eigenvalue weighted by Gasteiger charge is 2.01. The van der Waals surface area contributed by atoms with Crippen molar-refractivity contribution < 1.29 is 4.74 Å². The van der Waals surface area contributed by atoms with E-state index in [4.69, 9.17) is 4.74 Å². The van der Waals surface area contributed by atoms with Gasteiger partial charge in [-0.1, -0.05) is 0 Å². The van der Waals surface area contributed by atoms with E-state index < -0.39 is 0 Å². The Balaban J connectivity index is 3.00. The molecule has 0 saturated carbocycles. The molecule has 1 aromatic heterocycles. The minimum Gasteiger partial charge on any atom is -0.493 e. The molecule has 0 spiro atoms. The molecule has 1 rings (SSSR count). The molecule has 0 unspecified atom stereocenters. The Morgan fingerprint density at radius 2 is 2.27 bits per heavy atom. The number of hydrogen-bond acceptors (Lipinski definition) is 2. The molecule has 0 fully saturated rings. The molecule has 11 heavy (non-hydrogen) atoms. The summed E-state index contributed by atoms with van der Waals surface area (Å²) >= 11 is 0. The number of aryl methyl sites for hydroxylation is 2. The van der Waals surface area contributed by atoms with E-state index in [1.807, 2.05) is 20.8 Å². The van der Waals surface area contributed by atoms with E-state index in [0.29, 0.717) is 6.61 Å². The summed E-state index contributed by atoms with van der Waals surface area (Å²) in [6, 6.07) is 0. The maximum atomic E-state index is 5.40. The molecule has 1 aromatic rings. The Hall–Kier alpha value is -1.05. The van der Waals surface area contributed by atoms with Crippen LogP contribution in [0, 0.1) is 20.0 Å². The Morgan fingerprint density at radius 1 is 1.55 bits per heavy atom. The average Bonchev–Trinajstić information content (AvgIpc) is 1.97. The quantitative estimate of drug-likeness (QED) is 0.642. The molecule has 0 aliphatic carbocycles. The van der Waals surface area contributed by atoms with Gasteiger partial charge in [0.15, 0.2) is 0 Å². The number of nitrogens with zero attached hydrogens (tertiary/aromatic N) is 1. The second kappa shape index (κ2) is 3.37. The van der Waals surface area contributed by atoms with Crippen LogP contribution in [0.5, 0.6) is 5.75 Å². The van der Waals surface area contributed by atoms with Gasteiger partial charge in [-0.15, -0.1) is 0 Å². The normalized spacial score (nSPS) is 9.73. The number of aromatic nitrogens is 1. The van der Waals surface area contributed by atoms with Gasteiger partial charge in [-0.2, -0.15) is 0 Å². The van der Waals surface area contributed by atoms with Gasteiger partial charge in [0.25, 0.3) is 0 Å². The number of ether oxygens (including phenoxy) is 1. The van der Waals surface area contributed by atoms with Crippen LogP contribution in [0.2, 0.25) is 0 Å². The van der Waals surface area contributed by atoms with Crippen LogP contribution >= 0.6 is 0 Å². The molecular formula is C9H12NO. The molecule has 59 valence electrons. The third-order valence-electron chi connectivity index (χ3n) is 1.48. The van der Waals surface area contributed by atoms with E-state index >= 15 is 0 Å². The van der Waals surface area contributed by atoms with Crippen molar-refractivity contribution in [3.05, 3.63) is 23.5 Å². The van der Waals surface area contributed by atoms with E-state index in [2.05, 4.69) is 11.2 Å². The molecule has 1 heterocycles. The zero-order valence-corrected chi connectivity index (χ0v) is 7.14. The lowest BCUT2D eigenvalue weighted by molar-refractivity contribution is 0.335. The first-order chi connectivity index (χ1) is 5.25. The zero-order valence-electron chi connectivity index (χ0n) is 7.14. The maximum Gasteiger partial charge on any atom is 0.128 e. The summed E-state index contributed by atoms with van der Waals surface area (Å²) in [5.41, 5.74) is 2.05. The lowest BCUT2D eigenvalue weighted by Gasteiger charge is -2.07. The van der Waals surface area contributed by atoms with Gasteiger partial charge < -0.3 is 4.74 Å². The van der Waals surface area contributed by atoms with Crippen molar-refractivity contribution in [2.45, 2.75) is 20.8 Å². The average molecular weight is 150 g/mol. The molecular weight excluding hydrogens is 138 g/mol. The molecule has 0 atom stereocenters. The van der Waals surface area contributed by atoms with Crippen LogP contribution in [0.1, 0.15) is 18.1 Å². The van der Waals surface area contributed by atoms with Crippen LogP contribution in [0.25, 0.3) is 0 Å². The molecule has 0 saturated heterocycles. The van der Waals surface area contributed by atoms with Crippen LogP contribution in [0.15, 0.2) is 6.20 Å². The predicted molar refractivity (Wildman–Crippen MR) is 43.7 cm³/mol. The van der Waals surface area contributed by atoms with Crippen LogP contribution in [-0.4, -0.2) is 11.6 Å². The monoisotopic (exact) mass is 150 g/mol. The fraction of sp³-hybridized carbons (Fsp3) is 0.444. The summed E-state index contributed by atoms with van der Waals surface area (Å²) in [7, 11) is 0. The second-order valence-electron chi connectivity index (χ2n) is 2.44. The molecule has 0 amide bonds. The number of hydrogen-bond donors (Lipinski definition) is 0. The van der Waals surface area contributed by atoms with Crippen molar-refractivity contribution in [3.8, 4) is 5.75 Å². The highest BCUT2D eigenvalue weighted by atomic mass is 16.5. The largest absolute Gasteiger partial charge is 0.493 e. The molecule has 2 heteroatoms. The fourth-order valence-electron chi connectivity index (χ4n) is 0.998. The summed E-state index contributed by atoms with van der Waals surface area (Å²) in [6.07, 6.45) is 4.61. The van der Waals surface area contributed by atoms with Crippen molar-refractivity contribution in [1.29, 1.82) is 0 Å². The van der Waals surface area contributed by atoms with Gasteiger partial charge in [-0.05, 0) is 20.8 Å². The summed E-state index contributed by atoms with van der Waals surface area (Å²) in [6.45, 7) is 6.60. The minimum atomic E-state index is 0.694. The predicted octanol–water partition coefficient (Wildman–Crippen LogP) is 1.90. The van der Waals surface area contributed by atoms with Gasteiger partial charge in [0, 0.05) is 17.3 Å². The van der Waals surface area contributed by atoms with E-state index in [9.17, 15) is 0 Å². The van der Waals surface area contributed by atoms with Crippen LogP contribution in [0.3, 0.4) is 0 Å². The van der Waals surface area contributed by atoms with E-state index in [1.54, 1.807) is 6.20 Å². The van der Waals surface area contributed by atoms with Crippen LogP contribution in [-0.2, 0) is 0 Å². The van der Waals surface area contributed by atoms with Crippen LogP contribution in [0.4, 0.5) is 0 Å². The Bertz CT molecular complexity index is 225. The molecule has 2 nitrogen and oxygen atoms in total. The van der Waals surface area contributed by atoms with Gasteiger partial charge in [-0.3, -0.25) is 4.98 Å². The molecule has 1 radical (unpaired) electrons. The summed E-state index contributed by atoms with van der Waals surface area (Å²) in [5.74, 6) is 0.919. The molecule has 0 aromatic carbocycles. The third kappa shape index (κ3) is 1.70. The summed E-state index contributed by atoms with van der Waals surface area (Å²) < 4.78 is 5.40. The summed E-state index contributed by atoms with van der Waals surface area (Å²) in [5, 5.41) is 0. The van der Waals surface area contributed by atoms with E-state index in [0.717, 1.165) is 16.9 Å². The van der Waals surface area contributed by atoms with Gasteiger partial charge in [0.1, 0.15) is 5.75 Å². The first-order valence-electron chi connectivity index (χ1n) is 3.72. The van der Waals surface area contributed by atoms with Crippen molar-refractivity contribution in [1.82, 2.24) is 4.98 Å². The molecule has 0 aliphatic heterocycles. The second-order valence-corrected chi connectivity index (χ2v) is 2.44. The van der Waals surface area contributed by atoms with Crippen molar-refractivity contribution in [2.24, 2.45) is 0 Å². The number of rotatable bonds is 2. The number of pyridine rings is 1. The Kier molecular flexibility index (Phi) is 2.47. The van der Waals surface area contributed by atoms with Crippen molar-refractivity contribution in [3.63, 3.8) is 0 Å². The van der Waals surface area contributed by atoms with Crippen LogP contribution < -0.4 is 4.74 Å². The van der Waals surface area contributed by atoms with E-state index in [1.165, 1.54) is 0 Å². The fourth-order valence-corrected chi connectivity index (χ4v) is 0.998. The Morgan fingerprint density at radius 3 is 2.82 bits per heavy atom. The zero-order chi connectivity index (χ0) is 8.27. The van der Waals surface area contributed by atoms with Gasteiger partial charge in [0.05, 0.1) is 12.8 Å². The smallest absolute Gasteiger partial charge is 0.128 e. The highest BCUT2D eigenvalue weighted by molar-refractivity contribution is 5.35. The van der Waals surface area contributed by atoms with Gasteiger partial charge in [0.2, 0.25) is 0 Å². The molecule has 0 bridgehead atoms. The topological polar surface area (TPSA) is 22.1 Å². The minimum absolute atomic E-state index is 0.694. The molecule has 0 aliphatic rings. The molecule has 0 N–H and O–H groups in total. The Labute approximate surface area is 67.2 Å². The summed E-state index contributed by atoms with van der Waals surface area (Å²) in [4.78, 5) is 3.92. The lowest BCUT2D eigenvalue weighted by atomic mass is 10.2.